The van der Waals surface area contributed by atoms with Gasteiger partial charge < -0.3 is 19.3 Å². The zero-order valence-electron chi connectivity index (χ0n) is 15.1. The normalized spacial score (nSPS) is 26.7. The van der Waals surface area contributed by atoms with Gasteiger partial charge in [-0.3, -0.25) is 0 Å². The van der Waals surface area contributed by atoms with Gasteiger partial charge in [-0.2, -0.15) is 0 Å². The lowest BCUT2D eigenvalue weighted by molar-refractivity contribution is 0.118. The molecule has 2 heterocycles. The number of hydrogen-bond acceptors (Lipinski definition) is 6. The quantitative estimate of drug-likeness (QED) is 0.759. The first-order valence-corrected chi connectivity index (χ1v) is 8.99. The maximum Gasteiger partial charge on any atom is 0.218 e. The highest BCUT2D eigenvalue weighted by Crippen LogP contribution is 2.41. The molecule has 0 aromatic carbocycles. The van der Waals surface area contributed by atoms with E-state index in [0.29, 0.717) is 5.88 Å². The highest BCUT2D eigenvalue weighted by molar-refractivity contribution is 5.42. The molecule has 1 aromatic heterocycles. The van der Waals surface area contributed by atoms with E-state index in [-0.39, 0.29) is 0 Å². The van der Waals surface area contributed by atoms with Crippen molar-refractivity contribution in [1.82, 2.24) is 14.9 Å². The number of rotatable bonds is 7. The molecule has 1 aliphatic carbocycles. The van der Waals surface area contributed by atoms with Crippen LogP contribution < -0.4 is 9.64 Å². The molecular formula is C18H30N4O2. The number of anilines is 1. The van der Waals surface area contributed by atoms with E-state index in [4.69, 9.17) is 9.47 Å². The van der Waals surface area contributed by atoms with Crippen LogP contribution in [0.5, 0.6) is 5.88 Å². The summed E-state index contributed by atoms with van der Waals surface area (Å²) in [5.74, 6) is 3.98. The van der Waals surface area contributed by atoms with Crippen LogP contribution in [0.15, 0.2) is 12.4 Å². The molecule has 0 bridgehead atoms. The first kappa shape index (κ1) is 17.4. The fourth-order valence-corrected chi connectivity index (χ4v) is 4.36. The van der Waals surface area contributed by atoms with E-state index >= 15 is 0 Å². The maximum atomic E-state index is 5.25. The van der Waals surface area contributed by atoms with E-state index in [9.17, 15) is 0 Å². The molecule has 0 radical (unpaired) electrons. The van der Waals surface area contributed by atoms with Gasteiger partial charge in [-0.25, -0.2) is 9.97 Å². The van der Waals surface area contributed by atoms with Crippen LogP contribution in [-0.2, 0) is 4.74 Å². The fourth-order valence-electron chi connectivity index (χ4n) is 4.36. The van der Waals surface area contributed by atoms with Gasteiger partial charge in [0.2, 0.25) is 5.88 Å². The Labute approximate surface area is 145 Å². The molecule has 0 amide bonds. The van der Waals surface area contributed by atoms with Crippen molar-refractivity contribution in [3.05, 3.63) is 12.4 Å². The van der Waals surface area contributed by atoms with Gasteiger partial charge in [-0.1, -0.05) is 6.42 Å². The zero-order valence-corrected chi connectivity index (χ0v) is 15.1. The number of ether oxygens (including phenoxy) is 2. The second kappa shape index (κ2) is 8.12. The number of methoxy groups -OCH3 is 2. The van der Waals surface area contributed by atoms with Gasteiger partial charge in [0.1, 0.15) is 12.1 Å². The third-order valence-electron chi connectivity index (χ3n) is 5.63. The molecule has 3 rings (SSSR count). The molecule has 1 saturated heterocycles. The van der Waals surface area contributed by atoms with Crippen molar-refractivity contribution >= 4 is 5.82 Å². The van der Waals surface area contributed by atoms with Gasteiger partial charge in [0.25, 0.3) is 0 Å². The monoisotopic (exact) mass is 334 g/mol. The summed E-state index contributed by atoms with van der Waals surface area (Å²) in [7, 11) is 5.64. The lowest BCUT2D eigenvalue weighted by Gasteiger charge is -2.35. The van der Waals surface area contributed by atoms with Gasteiger partial charge in [0, 0.05) is 39.4 Å². The summed E-state index contributed by atoms with van der Waals surface area (Å²) < 4.78 is 10.5. The fraction of sp³-hybridized carbons (Fsp3) is 0.778. The summed E-state index contributed by atoms with van der Waals surface area (Å²) in [5, 5.41) is 0. The summed E-state index contributed by atoms with van der Waals surface area (Å²) in [6, 6.07) is 1.96. The summed E-state index contributed by atoms with van der Waals surface area (Å²) in [6.45, 7) is 5.21. The van der Waals surface area contributed by atoms with Crippen molar-refractivity contribution in [2.45, 2.75) is 19.3 Å². The van der Waals surface area contributed by atoms with Crippen LogP contribution in [0.4, 0.5) is 5.82 Å². The average Bonchev–Trinajstić information content (AvgIpc) is 3.05. The first-order valence-electron chi connectivity index (χ1n) is 8.99. The number of fused-ring (bicyclic) bond motifs is 1. The van der Waals surface area contributed by atoms with Crippen LogP contribution in [0.3, 0.4) is 0 Å². The SMILES string of the molecule is COCCN(C)C[C@@H]1CCC[C@@H]2CN(c3cc(OC)ncn3)C[C@@H]21. The van der Waals surface area contributed by atoms with Gasteiger partial charge in [0.15, 0.2) is 0 Å². The van der Waals surface area contributed by atoms with Crippen molar-refractivity contribution in [2.24, 2.45) is 17.8 Å². The van der Waals surface area contributed by atoms with E-state index in [0.717, 1.165) is 49.8 Å². The average molecular weight is 334 g/mol. The topological polar surface area (TPSA) is 50.7 Å². The maximum absolute atomic E-state index is 5.25. The molecule has 3 atom stereocenters. The second-order valence-electron chi connectivity index (χ2n) is 7.19. The predicted molar refractivity (Wildman–Crippen MR) is 94.5 cm³/mol. The molecule has 6 heteroatoms. The Morgan fingerprint density at radius 1 is 1.25 bits per heavy atom. The van der Waals surface area contributed by atoms with Crippen molar-refractivity contribution < 1.29 is 9.47 Å². The number of nitrogens with zero attached hydrogens (tertiary/aromatic N) is 4. The summed E-state index contributed by atoms with van der Waals surface area (Å²) >= 11 is 0. The third-order valence-corrected chi connectivity index (χ3v) is 5.63. The molecule has 0 unspecified atom stereocenters. The minimum Gasteiger partial charge on any atom is -0.481 e. The Morgan fingerprint density at radius 2 is 2.12 bits per heavy atom. The van der Waals surface area contributed by atoms with Crippen molar-refractivity contribution in [3.8, 4) is 5.88 Å². The van der Waals surface area contributed by atoms with Crippen LogP contribution in [-0.4, -0.2) is 68.9 Å². The van der Waals surface area contributed by atoms with Crippen molar-refractivity contribution in [1.29, 1.82) is 0 Å². The Balaban J connectivity index is 1.64. The van der Waals surface area contributed by atoms with Gasteiger partial charge in [0.05, 0.1) is 13.7 Å². The summed E-state index contributed by atoms with van der Waals surface area (Å²) in [4.78, 5) is 13.4. The van der Waals surface area contributed by atoms with E-state index < -0.39 is 0 Å². The molecule has 0 spiro atoms. The van der Waals surface area contributed by atoms with Crippen molar-refractivity contribution in [2.75, 3.05) is 59.0 Å². The minimum atomic E-state index is 0.644. The molecule has 2 aliphatic rings. The molecule has 1 aliphatic heterocycles. The first-order chi connectivity index (χ1) is 11.7. The molecule has 6 nitrogen and oxygen atoms in total. The smallest absolute Gasteiger partial charge is 0.218 e. The predicted octanol–water partition coefficient (Wildman–Crippen LogP) is 1.92. The Kier molecular flexibility index (Phi) is 5.89. The minimum absolute atomic E-state index is 0.644. The number of aromatic nitrogens is 2. The molecular weight excluding hydrogens is 304 g/mol. The van der Waals surface area contributed by atoms with E-state index in [2.05, 4.69) is 26.8 Å². The lowest BCUT2D eigenvalue weighted by atomic mass is 9.74. The molecule has 24 heavy (non-hydrogen) atoms. The summed E-state index contributed by atoms with van der Waals surface area (Å²) in [6.07, 6.45) is 5.65. The number of hydrogen-bond donors (Lipinski definition) is 0. The highest BCUT2D eigenvalue weighted by atomic mass is 16.5. The third kappa shape index (κ3) is 3.98. The van der Waals surface area contributed by atoms with Gasteiger partial charge >= 0.3 is 0 Å². The Hall–Kier alpha value is -1.40. The van der Waals surface area contributed by atoms with E-state index in [1.54, 1.807) is 20.5 Å². The summed E-state index contributed by atoms with van der Waals surface area (Å²) in [5.41, 5.74) is 0. The zero-order chi connectivity index (χ0) is 16.9. The van der Waals surface area contributed by atoms with Crippen LogP contribution in [0.25, 0.3) is 0 Å². The van der Waals surface area contributed by atoms with E-state index in [1.165, 1.54) is 25.8 Å². The Morgan fingerprint density at radius 3 is 2.92 bits per heavy atom. The molecule has 1 aromatic rings. The molecule has 1 saturated carbocycles. The van der Waals surface area contributed by atoms with Crippen LogP contribution in [0, 0.1) is 17.8 Å². The Bertz CT molecular complexity index is 527. The second-order valence-corrected chi connectivity index (χ2v) is 7.19. The van der Waals surface area contributed by atoms with E-state index in [1.807, 2.05) is 6.07 Å². The van der Waals surface area contributed by atoms with Gasteiger partial charge in [-0.05, 0) is 37.6 Å². The van der Waals surface area contributed by atoms with Gasteiger partial charge in [-0.15, -0.1) is 0 Å². The van der Waals surface area contributed by atoms with Crippen LogP contribution in [0.2, 0.25) is 0 Å². The van der Waals surface area contributed by atoms with Crippen LogP contribution >= 0.6 is 0 Å². The standard InChI is InChI=1S/C18H30N4O2/c1-21(7-8-23-2)10-14-5-4-6-15-11-22(12-16(14)15)17-9-18(24-3)20-13-19-17/h9,13-16H,4-8,10-12H2,1-3H3/t14-,15+,16+/m0/s1. The number of likely N-dealkylation sites (N-methyl/N-ethyl adjacent to an activating group) is 1. The molecule has 0 N–H and O–H groups in total. The highest BCUT2D eigenvalue weighted by Gasteiger charge is 2.40. The molecule has 2 fully saturated rings. The largest absolute Gasteiger partial charge is 0.481 e. The van der Waals surface area contributed by atoms with Crippen LogP contribution in [0.1, 0.15) is 19.3 Å². The van der Waals surface area contributed by atoms with Crippen molar-refractivity contribution in [3.63, 3.8) is 0 Å². The lowest BCUT2D eigenvalue weighted by Crippen LogP contribution is -2.37. The molecule has 134 valence electrons.